The number of carboxylic acids is 1. The molecule has 8 heteroatoms. The number of hydrogen-bond acceptors (Lipinski definition) is 7. The van der Waals surface area contributed by atoms with Crippen molar-refractivity contribution in [2.24, 2.45) is 23.7 Å². The van der Waals surface area contributed by atoms with E-state index in [4.69, 9.17) is 9.94 Å². The lowest BCUT2D eigenvalue weighted by Gasteiger charge is -2.29. The lowest BCUT2D eigenvalue weighted by atomic mass is 9.80. The molecule has 23 heavy (non-hydrogen) atoms. The quantitative estimate of drug-likeness (QED) is 0.632. The van der Waals surface area contributed by atoms with Gasteiger partial charge in [0.25, 0.3) is 0 Å². The van der Waals surface area contributed by atoms with Crippen molar-refractivity contribution in [1.29, 1.82) is 0 Å². The van der Waals surface area contributed by atoms with Gasteiger partial charge < -0.3 is 20.3 Å². The molecule has 122 valence electrons. The van der Waals surface area contributed by atoms with E-state index in [0.29, 0.717) is 6.42 Å². The summed E-state index contributed by atoms with van der Waals surface area (Å²) in [6.07, 6.45) is 0.477. The number of rotatable bonds is 4. The van der Waals surface area contributed by atoms with E-state index in [0.717, 1.165) is 4.90 Å². The molecule has 0 amide bonds. The number of esters is 1. The summed E-state index contributed by atoms with van der Waals surface area (Å²) in [5, 5.41) is 28.8. The summed E-state index contributed by atoms with van der Waals surface area (Å²) >= 11 is 1.47. The van der Waals surface area contributed by atoms with Crippen LogP contribution in [0, 0.1) is 28.9 Å². The van der Waals surface area contributed by atoms with Gasteiger partial charge in [0.2, 0.25) is 0 Å². The molecule has 7 nitrogen and oxygen atoms in total. The molecule has 0 radical (unpaired) electrons. The molecule has 2 N–H and O–H groups in total. The number of benzene rings is 1. The zero-order chi connectivity index (χ0) is 16.3. The fourth-order valence-corrected chi connectivity index (χ4v) is 5.75. The molecule has 3 aliphatic rings. The number of anilines is 1. The SMILES string of the molecule is O=C1O[C@@H]2[C@H]3C[C@@H]([C@@H]2Sc2ccc(N([O-])O)cc2)[C@H](C(=O)O)[C@@H]13. The van der Waals surface area contributed by atoms with Gasteiger partial charge in [0.05, 0.1) is 22.8 Å². The van der Waals surface area contributed by atoms with E-state index in [1.807, 2.05) is 0 Å². The van der Waals surface area contributed by atoms with E-state index in [9.17, 15) is 19.9 Å². The molecule has 1 aromatic rings. The van der Waals surface area contributed by atoms with Crippen molar-refractivity contribution in [2.75, 3.05) is 5.23 Å². The van der Waals surface area contributed by atoms with Gasteiger partial charge in [0, 0.05) is 10.8 Å². The molecule has 1 aromatic carbocycles. The van der Waals surface area contributed by atoms with Crippen LogP contribution in [0.4, 0.5) is 5.69 Å². The summed E-state index contributed by atoms with van der Waals surface area (Å²) in [5.74, 6) is -2.56. The third kappa shape index (κ3) is 2.13. The van der Waals surface area contributed by atoms with Crippen LogP contribution in [0.2, 0.25) is 0 Å². The van der Waals surface area contributed by atoms with Crippen LogP contribution in [-0.4, -0.2) is 33.6 Å². The first-order valence-corrected chi connectivity index (χ1v) is 8.21. The van der Waals surface area contributed by atoms with Crippen LogP contribution in [0.15, 0.2) is 29.2 Å². The Labute approximate surface area is 135 Å². The smallest absolute Gasteiger partial charge is 0.310 e. The Morgan fingerprint density at radius 1 is 1.30 bits per heavy atom. The van der Waals surface area contributed by atoms with Gasteiger partial charge in [0.1, 0.15) is 6.10 Å². The molecular weight excluding hydrogens is 322 g/mol. The van der Waals surface area contributed by atoms with Gasteiger partial charge in [-0.2, -0.15) is 0 Å². The largest absolute Gasteiger partial charge is 0.733 e. The van der Waals surface area contributed by atoms with Gasteiger partial charge in [-0.3, -0.25) is 14.8 Å². The molecule has 0 aromatic heterocycles. The van der Waals surface area contributed by atoms with Crippen molar-refractivity contribution in [3.63, 3.8) is 0 Å². The molecule has 2 saturated carbocycles. The first-order chi connectivity index (χ1) is 11.0. The fourth-order valence-electron chi connectivity index (χ4n) is 4.29. The Balaban J connectivity index is 1.58. The van der Waals surface area contributed by atoms with Crippen LogP contribution in [-0.2, 0) is 14.3 Å². The third-order valence-corrected chi connectivity index (χ3v) is 6.60. The second-order valence-electron chi connectivity index (χ2n) is 6.20. The standard InChI is InChI=1S/C15H14NO6S/c17-14(18)10-9-5-8-11(10)15(19)22-12(8)13(9)23-7-3-1-6(2-4-7)16(20)21/h1-4,8-13,20H,5H2,(H,17,18)/q-1/t8-,9+,10-,11-,12+,13-/m0/s1. The number of carbonyl (C=O) groups excluding carboxylic acids is 1. The summed E-state index contributed by atoms with van der Waals surface area (Å²) in [5.41, 5.74) is 0.123. The highest BCUT2D eigenvalue weighted by Gasteiger charge is 2.68. The highest BCUT2D eigenvalue weighted by atomic mass is 32.2. The maximum Gasteiger partial charge on any atom is 0.310 e. The molecule has 0 spiro atoms. The Hall–Kier alpha value is -1.77. The summed E-state index contributed by atoms with van der Waals surface area (Å²) in [6, 6.07) is 6.36. The number of aliphatic carboxylic acids is 1. The number of ether oxygens (including phenoxy) is 1. The molecule has 1 aliphatic heterocycles. The number of carbonyl (C=O) groups is 2. The van der Waals surface area contributed by atoms with Crippen LogP contribution in [0.25, 0.3) is 0 Å². The van der Waals surface area contributed by atoms with Crippen molar-refractivity contribution in [3.8, 4) is 0 Å². The highest BCUT2D eigenvalue weighted by Crippen LogP contribution is 2.61. The van der Waals surface area contributed by atoms with Gasteiger partial charge in [-0.25, -0.2) is 0 Å². The second kappa shape index (κ2) is 5.12. The van der Waals surface area contributed by atoms with E-state index < -0.39 is 17.8 Å². The first kappa shape index (κ1) is 14.8. The molecule has 1 heterocycles. The molecule has 0 unspecified atom stereocenters. The molecule has 2 aliphatic carbocycles. The molecule has 4 rings (SSSR count). The maximum atomic E-state index is 12.0. The summed E-state index contributed by atoms with van der Waals surface area (Å²) in [4.78, 5) is 24.4. The lowest BCUT2D eigenvalue weighted by Crippen LogP contribution is -2.39. The number of thioether (sulfide) groups is 1. The van der Waals surface area contributed by atoms with Crippen LogP contribution < -0.4 is 5.23 Å². The highest BCUT2D eigenvalue weighted by molar-refractivity contribution is 8.00. The zero-order valence-electron chi connectivity index (χ0n) is 11.9. The molecule has 1 saturated heterocycles. The van der Waals surface area contributed by atoms with Gasteiger partial charge in [-0.15, -0.1) is 11.8 Å². The van der Waals surface area contributed by atoms with Crippen LogP contribution in [0.5, 0.6) is 0 Å². The number of nitrogens with zero attached hydrogens (tertiary/aromatic N) is 1. The minimum Gasteiger partial charge on any atom is -0.733 e. The van der Waals surface area contributed by atoms with Crippen molar-refractivity contribution in [3.05, 3.63) is 29.5 Å². The minimum atomic E-state index is -0.928. The van der Waals surface area contributed by atoms with Crippen molar-refractivity contribution < 1.29 is 24.6 Å². The summed E-state index contributed by atoms with van der Waals surface area (Å²) < 4.78 is 5.45. The second-order valence-corrected chi connectivity index (χ2v) is 7.46. The van der Waals surface area contributed by atoms with Crippen molar-refractivity contribution in [2.45, 2.75) is 22.7 Å². The van der Waals surface area contributed by atoms with Gasteiger partial charge in [-0.05, 0) is 36.6 Å². The monoisotopic (exact) mass is 336 g/mol. The molecular formula is C15H14NO6S-. The summed E-state index contributed by atoms with van der Waals surface area (Å²) in [6.45, 7) is 0. The predicted octanol–water partition coefficient (Wildman–Crippen LogP) is 1.73. The first-order valence-electron chi connectivity index (χ1n) is 7.33. The average Bonchev–Trinajstić information content (AvgIpc) is 3.11. The van der Waals surface area contributed by atoms with Crippen molar-refractivity contribution >= 4 is 29.4 Å². The van der Waals surface area contributed by atoms with Crippen LogP contribution in [0.1, 0.15) is 6.42 Å². The van der Waals surface area contributed by atoms with Crippen molar-refractivity contribution in [1.82, 2.24) is 0 Å². The normalized spacial score (nSPS) is 37.0. The van der Waals surface area contributed by atoms with E-state index in [2.05, 4.69) is 0 Å². The fraction of sp³-hybridized carbons (Fsp3) is 0.467. The zero-order valence-corrected chi connectivity index (χ0v) is 12.7. The number of fused-ring (bicyclic) bond motifs is 1. The maximum absolute atomic E-state index is 12.0. The Morgan fingerprint density at radius 2 is 2.00 bits per heavy atom. The van der Waals surface area contributed by atoms with E-state index >= 15 is 0 Å². The third-order valence-electron chi connectivity index (χ3n) is 5.16. The van der Waals surface area contributed by atoms with E-state index in [-0.39, 0.29) is 40.1 Å². The molecule has 6 atom stereocenters. The van der Waals surface area contributed by atoms with E-state index in [1.54, 1.807) is 12.1 Å². The van der Waals surface area contributed by atoms with Gasteiger partial charge >= 0.3 is 11.9 Å². The molecule has 3 fully saturated rings. The average molecular weight is 336 g/mol. The Kier molecular flexibility index (Phi) is 3.29. The van der Waals surface area contributed by atoms with Crippen LogP contribution in [0.3, 0.4) is 0 Å². The van der Waals surface area contributed by atoms with E-state index in [1.165, 1.54) is 23.9 Å². The number of carboxylic acid groups (broad SMARTS) is 1. The Bertz CT molecular complexity index is 662. The minimum absolute atomic E-state index is 0.0000478. The van der Waals surface area contributed by atoms with Gasteiger partial charge in [-0.1, -0.05) is 0 Å². The van der Waals surface area contributed by atoms with Gasteiger partial charge in [0.15, 0.2) is 0 Å². The molecule has 2 bridgehead atoms. The predicted molar refractivity (Wildman–Crippen MR) is 79.8 cm³/mol. The topological polar surface area (TPSA) is 110 Å². The lowest BCUT2D eigenvalue weighted by molar-refractivity contribution is -0.151. The number of hydrogen-bond donors (Lipinski definition) is 2. The summed E-state index contributed by atoms with van der Waals surface area (Å²) in [7, 11) is 0. The Morgan fingerprint density at radius 3 is 2.61 bits per heavy atom. The van der Waals surface area contributed by atoms with Crippen LogP contribution >= 0.6 is 11.8 Å².